The number of nitrogens with one attached hydrogen (secondary N) is 1. The van der Waals surface area contributed by atoms with Crippen LogP contribution in [0.15, 0.2) is 36.9 Å². The van der Waals surface area contributed by atoms with E-state index in [1.807, 2.05) is 24.3 Å². The van der Waals surface area contributed by atoms with Gasteiger partial charge in [0.05, 0.1) is 6.04 Å². The molecule has 1 aromatic rings. The first-order valence-electron chi connectivity index (χ1n) is 7.51. The van der Waals surface area contributed by atoms with Crippen molar-refractivity contribution < 1.29 is 9.59 Å². The number of amides is 2. The maximum atomic E-state index is 12.0. The van der Waals surface area contributed by atoms with Gasteiger partial charge in [-0.05, 0) is 30.5 Å². The Bertz CT molecular complexity index is 559. The number of nitrogens with zero attached hydrogens (tertiary/aromatic N) is 1. The van der Waals surface area contributed by atoms with Crippen LogP contribution in [0.3, 0.4) is 0 Å². The highest BCUT2D eigenvalue weighted by molar-refractivity contribution is 6.30. The minimum atomic E-state index is -0.0795. The predicted molar refractivity (Wildman–Crippen MR) is 87.7 cm³/mol. The SMILES string of the molecule is C=CCCC(=O)N[C@H]1CC(=O)N(CCc2cccc(Cl)c2)C1. The molecule has 0 radical (unpaired) electrons. The van der Waals surface area contributed by atoms with E-state index in [2.05, 4.69) is 11.9 Å². The summed E-state index contributed by atoms with van der Waals surface area (Å²) in [5.74, 6) is 0.0745. The zero-order chi connectivity index (χ0) is 15.9. The largest absolute Gasteiger partial charge is 0.351 e. The zero-order valence-corrected chi connectivity index (χ0v) is 13.3. The third-order valence-corrected chi connectivity index (χ3v) is 3.95. The van der Waals surface area contributed by atoms with Gasteiger partial charge >= 0.3 is 0 Å². The van der Waals surface area contributed by atoms with Crippen molar-refractivity contribution in [2.75, 3.05) is 13.1 Å². The van der Waals surface area contributed by atoms with Gasteiger partial charge in [-0.3, -0.25) is 9.59 Å². The Morgan fingerprint density at radius 2 is 2.32 bits per heavy atom. The van der Waals surface area contributed by atoms with Crippen LogP contribution in [0.1, 0.15) is 24.8 Å². The van der Waals surface area contributed by atoms with Gasteiger partial charge in [0.15, 0.2) is 0 Å². The molecule has 4 nitrogen and oxygen atoms in total. The molecule has 0 aromatic heterocycles. The Kier molecular flexibility index (Phi) is 6.01. The lowest BCUT2D eigenvalue weighted by molar-refractivity contribution is -0.127. The van der Waals surface area contributed by atoms with E-state index in [1.165, 1.54) is 0 Å². The molecule has 5 heteroatoms. The van der Waals surface area contributed by atoms with E-state index in [0.29, 0.717) is 37.4 Å². The highest BCUT2D eigenvalue weighted by Crippen LogP contribution is 2.15. The topological polar surface area (TPSA) is 49.4 Å². The molecule has 1 aromatic carbocycles. The molecular formula is C17H21ClN2O2. The molecule has 2 amide bonds. The van der Waals surface area contributed by atoms with Gasteiger partial charge in [0, 0.05) is 31.0 Å². The van der Waals surface area contributed by atoms with Crippen LogP contribution >= 0.6 is 11.6 Å². The van der Waals surface area contributed by atoms with Gasteiger partial charge in [0.1, 0.15) is 0 Å². The number of benzene rings is 1. The Balaban J connectivity index is 1.79. The van der Waals surface area contributed by atoms with Crippen LogP contribution in [0.2, 0.25) is 5.02 Å². The van der Waals surface area contributed by atoms with E-state index in [4.69, 9.17) is 11.6 Å². The normalized spacial score (nSPS) is 17.6. The fourth-order valence-electron chi connectivity index (χ4n) is 2.57. The lowest BCUT2D eigenvalue weighted by atomic mass is 10.1. The summed E-state index contributed by atoms with van der Waals surface area (Å²) in [6.07, 6.45) is 3.96. The number of likely N-dealkylation sites (tertiary alicyclic amines) is 1. The molecule has 0 unspecified atom stereocenters. The average molecular weight is 321 g/mol. The summed E-state index contributed by atoms with van der Waals surface area (Å²) in [6.45, 7) is 4.83. The smallest absolute Gasteiger partial charge is 0.224 e. The molecule has 0 aliphatic carbocycles. The second kappa shape index (κ2) is 7.99. The quantitative estimate of drug-likeness (QED) is 0.785. The lowest BCUT2D eigenvalue weighted by Gasteiger charge is -2.17. The molecule has 22 heavy (non-hydrogen) atoms. The van der Waals surface area contributed by atoms with Crippen LogP contribution in [0, 0.1) is 0 Å². The maximum absolute atomic E-state index is 12.0. The highest BCUT2D eigenvalue weighted by Gasteiger charge is 2.29. The minimum Gasteiger partial charge on any atom is -0.351 e. The molecule has 1 saturated heterocycles. The summed E-state index contributed by atoms with van der Waals surface area (Å²) in [5.41, 5.74) is 1.11. The monoisotopic (exact) mass is 320 g/mol. The molecular weight excluding hydrogens is 300 g/mol. The third-order valence-electron chi connectivity index (χ3n) is 3.71. The first-order valence-corrected chi connectivity index (χ1v) is 7.88. The van der Waals surface area contributed by atoms with Crippen molar-refractivity contribution in [2.24, 2.45) is 0 Å². The molecule has 1 aliphatic heterocycles. The van der Waals surface area contributed by atoms with Crippen molar-refractivity contribution >= 4 is 23.4 Å². The zero-order valence-electron chi connectivity index (χ0n) is 12.6. The number of carbonyl (C=O) groups excluding carboxylic acids is 2. The van der Waals surface area contributed by atoms with Gasteiger partial charge in [-0.1, -0.05) is 29.8 Å². The average Bonchev–Trinajstić information content (AvgIpc) is 2.83. The summed E-state index contributed by atoms with van der Waals surface area (Å²) in [5, 5.41) is 3.62. The van der Waals surface area contributed by atoms with Gasteiger partial charge in [-0.2, -0.15) is 0 Å². The molecule has 1 atom stereocenters. The number of hydrogen-bond acceptors (Lipinski definition) is 2. The van der Waals surface area contributed by atoms with Gasteiger partial charge in [0.2, 0.25) is 11.8 Å². The molecule has 0 bridgehead atoms. The third kappa shape index (κ3) is 4.88. The Morgan fingerprint density at radius 1 is 1.50 bits per heavy atom. The van der Waals surface area contributed by atoms with Gasteiger partial charge < -0.3 is 10.2 Å². The van der Waals surface area contributed by atoms with Crippen LogP contribution in [-0.2, 0) is 16.0 Å². The molecule has 1 heterocycles. The van der Waals surface area contributed by atoms with Crippen LogP contribution < -0.4 is 5.32 Å². The second-order valence-corrected chi connectivity index (χ2v) is 5.95. The summed E-state index contributed by atoms with van der Waals surface area (Å²) in [4.78, 5) is 25.5. The van der Waals surface area contributed by atoms with E-state index >= 15 is 0 Å². The number of allylic oxidation sites excluding steroid dienone is 1. The Hall–Kier alpha value is -1.81. The number of carbonyl (C=O) groups is 2. The lowest BCUT2D eigenvalue weighted by Crippen LogP contribution is -2.37. The van der Waals surface area contributed by atoms with Crippen molar-refractivity contribution in [1.29, 1.82) is 0 Å². The number of halogens is 1. The molecule has 118 valence electrons. The van der Waals surface area contributed by atoms with Crippen molar-refractivity contribution in [3.05, 3.63) is 47.5 Å². The summed E-state index contributed by atoms with van der Waals surface area (Å²) < 4.78 is 0. The highest BCUT2D eigenvalue weighted by atomic mass is 35.5. The van der Waals surface area contributed by atoms with Gasteiger partial charge in [-0.25, -0.2) is 0 Å². The standard InChI is InChI=1S/C17H21ClN2O2/c1-2-3-7-16(21)19-15-11-17(22)20(12-15)9-8-13-5-4-6-14(18)10-13/h2,4-6,10,15H,1,3,7-9,11-12H2,(H,19,21)/t15-/m0/s1. The van der Waals surface area contributed by atoms with E-state index < -0.39 is 0 Å². The van der Waals surface area contributed by atoms with Crippen LogP contribution in [0.4, 0.5) is 0 Å². The van der Waals surface area contributed by atoms with Crippen molar-refractivity contribution in [3.8, 4) is 0 Å². The Morgan fingerprint density at radius 3 is 3.05 bits per heavy atom. The van der Waals surface area contributed by atoms with E-state index in [1.54, 1.807) is 11.0 Å². The molecule has 1 fully saturated rings. The molecule has 1 N–H and O–H groups in total. The number of rotatable bonds is 7. The summed E-state index contributed by atoms with van der Waals surface area (Å²) in [6, 6.07) is 7.58. The van der Waals surface area contributed by atoms with Gasteiger partial charge in [0.25, 0.3) is 0 Å². The summed E-state index contributed by atoms with van der Waals surface area (Å²) >= 11 is 5.96. The first kappa shape index (κ1) is 16.6. The van der Waals surface area contributed by atoms with E-state index in [9.17, 15) is 9.59 Å². The fraction of sp³-hybridized carbons (Fsp3) is 0.412. The molecule has 1 aliphatic rings. The maximum Gasteiger partial charge on any atom is 0.224 e. The Labute approximate surface area is 136 Å². The second-order valence-electron chi connectivity index (χ2n) is 5.52. The van der Waals surface area contributed by atoms with Crippen molar-refractivity contribution in [3.63, 3.8) is 0 Å². The predicted octanol–water partition coefficient (Wildman–Crippen LogP) is 2.57. The molecule has 0 saturated carbocycles. The summed E-state index contributed by atoms with van der Waals surface area (Å²) in [7, 11) is 0. The molecule has 2 rings (SSSR count). The van der Waals surface area contributed by atoms with Gasteiger partial charge in [-0.15, -0.1) is 6.58 Å². The van der Waals surface area contributed by atoms with Crippen LogP contribution in [0.5, 0.6) is 0 Å². The van der Waals surface area contributed by atoms with Crippen molar-refractivity contribution in [1.82, 2.24) is 10.2 Å². The van der Waals surface area contributed by atoms with E-state index in [0.717, 1.165) is 12.0 Å². The van der Waals surface area contributed by atoms with Crippen LogP contribution in [0.25, 0.3) is 0 Å². The fourth-order valence-corrected chi connectivity index (χ4v) is 2.79. The van der Waals surface area contributed by atoms with Crippen molar-refractivity contribution in [2.45, 2.75) is 31.7 Å². The van der Waals surface area contributed by atoms with E-state index in [-0.39, 0.29) is 17.9 Å². The minimum absolute atomic E-state index is 0.0191. The first-order chi connectivity index (χ1) is 10.6. The number of hydrogen-bond donors (Lipinski definition) is 1. The van der Waals surface area contributed by atoms with Crippen LogP contribution in [-0.4, -0.2) is 35.8 Å². The molecule has 0 spiro atoms.